The second-order valence-electron chi connectivity index (χ2n) is 22.6. The molecule has 66 heavy (non-hydrogen) atoms. The molecule has 0 spiro atoms. The minimum Gasteiger partial charge on any atom is -0.481 e. The number of carbonyl (C=O) groups is 2. The third kappa shape index (κ3) is 7.56. The fourth-order valence-electron chi connectivity index (χ4n) is 14.8. The zero-order valence-corrected chi connectivity index (χ0v) is 38.8. The van der Waals surface area contributed by atoms with Crippen LogP contribution in [0.15, 0.2) is 11.6 Å². The van der Waals surface area contributed by atoms with E-state index in [4.69, 9.17) is 28.4 Å². The fourth-order valence-corrected chi connectivity index (χ4v) is 14.8. The van der Waals surface area contributed by atoms with Gasteiger partial charge >= 0.3 is 11.9 Å². The molecule has 8 aliphatic rings. The molecule has 3 saturated heterocycles. The number of hydrogen-bond donors (Lipinski definition) is 11. The van der Waals surface area contributed by atoms with Crippen LogP contribution in [0, 0.1) is 50.2 Å². The van der Waals surface area contributed by atoms with E-state index in [0.29, 0.717) is 51.4 Å². The van der Waals surface area contributed by atoms with Crippen LogP contribution in [-0.4, -0.2) is 180 Å². The van der Waals surface area contributed by atoms with Crippen LogP contribution in [0.3, 0.4) is 0 Å². The fraction of sp³-hybridized carbons (Fsp3) is 0.915. The number of carboxylic acids is 2. The standard InChI is InChI=1S/C47H74O19/c1-21-29(51)32(54)34(56)37(62-21)65-36-33(55)31(53)25(18-48)63-39(36)66-35-30(52)24(50)19-61-38(35)64-28-10-11-43(3)26(44(28,4)20-49)9-12-46(6)27(43)8-7-22-23-17-42(2,40(57)58)13-15-47(23,41(59)60)16-14-45(22,46)5/h7,21,23-39,48-56H,8-20H2,1-6H3,(H,57,58)(H,59,60). The molecule has 11 N–H and O–H groups in total. The average molecular weight is 943 g/mol. The second-order valence-corrected chi connectivity index (χ2v) is 22.6. The van der Waals surface area contributed by atoms with E-state index >= 15 is 0 Å². The molecule has 19 heteroatoms. The van der Waals surface area contributed by atoms with Crippen LogP contribution in [0.1, 0.15) is 106 Å². The monoisotopic (exact) mass is 942 g/mol. The summed E-state index contributed by atoms with van der Waals surface area (Å²) in [6.07, 6.45) is -15.3. The van der Waals surface area contributed by atoms with Crippen molar-refractivity contribution in [3.8, 4) is 0 Å². The molecule has 0 bridgehead atoms. The van der Waals surface area contributed by atoms with Gasteiger partial charge in [-0.2, -0.15) is 0 Å². The quantitative estimate of drug-likeness (QED) is 0.104. The topological polar surface area (TPSA) is 312 Å². The van der Waals surface area contributed by atoms with Gasteiger partial charge in [-0.3, -0.25) is 9.59 Å². The van der Waals surface area contributed by atoms with Gasteiger partial charge < -0.3 is 84.6 Å². The lowest BCUT2D eigenvalue weighted by atomic mass is 9.33. The summed E-state index contributed by atoms with van der Waals surface area (Å²) in [4.78, 5) is 25.8. The van der Waals surface area contributed by atoms with Crippen molar-refractivity contribution in [1.82, 2.24) is 0 Å². The Morgan fingerprint density at radius 2 is 1.36 bits per heavy atom. The summed E-state index contributed by atoms with van der Waals surface area (Å²) in [7, 11) is 0. The van der Waals surface area contributed by atoms with E-state index in [-0.39, 0.29) is 42.3 Å². The molecule has 5 aliphatic carbocycles. The molecular weight excluding hydrogens is 868 g/mol. The van der Waals surface area contributed by atoms with Crippen LogP contribution >= 0.6 is 0 Å². The van der Waals surface area contributed by atoms with Crippen LogP contribution in [0.25, 0.3) is 0 Å². The maximum Gasteiger partial charge on any atom is 0.310 e. The first-order chi connectivity index (χ1) is 30.9. The van der Waals surface area contributed by atoms with Crippen LogP contribution < -0.4 is 0 Å². The lowest BCUT2D eigenvalue weighted by Crippen LogP contribution is -2.67. The summed E-state index contributed by atoms with van der Waals surface area (Å²) in [6, 6.07) is 0. The van der Waals surface area contributed by atoms with E-state index in [2.05, 4.69) is 26.8 Å². The van der Waals surface area contributed by atoms with Gasteiger partial charge in [-0.25, -0.2) is 0 Å². The lowest BCUT2D eigenvalue weighted by Gasteiger charge is -2.71. The van der Waals surface area contributed by atoms with Gasteiger partial charge in [-0.1, -0.05) is 39.3 Å². The van der Waals surface area contributed by atoms with Crippen molar-refractivity contribution in [1.29, 1.82) is 0 Å². The first-order valence-electron chi connectivity index (χ1n) is 23.9. The first kappa shape index (κ1) is 50.5. The SMILES string of the molecule is CC1OC(OC2C(OC3C(OC4CCC5(C)C(CCC6(C)C5CC=C5C7CC(C)(C(=O)O)CCC7(C(=O)O)CCC56C)C4(C)CO)OCC(O)C3O)OC(CO)C(O)C2O)C(O)C(O)C1O. The lowest BCUT2D eigenvalue weighted by molar-refractivity contribution is -0.392. The summed E-state index contributed by atoms with van der Waals surface area (Å²) in [5.74, 6) is -2.12. The highest BCUT2D eigenvalue weighted by atomic mass is 16.8. The Bertz CT molecular complexity index is 1850. The molecule has 24 unspecified atom stereocenters. The highest BCUT2D eigenvalue weighted by Gasteiger charge is 2.71. The molecule has 8 rings (SSSR count). The van der Waals surface area contributed by atoms with Gasteiger partial charge in [0.25, 0.3) is 0 Å². The van der Waals surface area contributed by atoms with Gasteiger partial charge in [0, 0.05) is 5.41 Å². The van der Waals surface area contributed by atoms with Gasteiger partial charge in [0.05, 0.1) is 42.9 Å². The molecule has 4 saturated carbocycles. The van der Waals surface area contributed by atoms with Crippen molar-refractivity contribution in [3.05, 3.63) is 11.6 Å². The highest BCUT2D eigenvalue weighted by Crippen LogP contribution is 2.76. The molecule has 0 radical (unpaired) electrons. The van der Waals surface area contributed by atoms with Gasteiger partial charge in [-0.05, 0) is 112 Å². The third-order valence-corrected chi connectivity index (χ3v) is 19.4. The number of aliphatic carboxylic acids is 2. The molecule has 3 heterocycles. The number of aliphatic hydroxyl groups is 9. The molecular formula is C47H74O19. The zero-order chi connectivity index (χ0) is 48.3. The molecule has 3 aliphatic heterocycles. The zero-order valence-electron chi connectivity index (χ0n) is 38.8. The van der Waals surface area contributed by atoms with E-state index in [1.165, 1.54) is 6.92 Å². The molecule has 376 valence electrons. The molecule has 24 atom stereocenters. The maximum atomic E-state index is 13.2. The van der Waals surface area contributed by atoms with Crippen LogP contribution in [-0.2, 0) is 38.0 Å². The van der Waals surface area contributed by atoms with Gasteiger partial charge in [0.1, 0.15) is 61.0 Å². The number of ether oxygens (including phenoxy) is 6. The Labute approximate surface area is 385 Å². The highest BCUT2D eigenvalue weighted by molar-refractivity contribution is 5.79. The Morgan fingerprint density at radius 3 is 2.02 bits per heavy atom. The maximum absolute atomic E-state index is 13.2. The van der Waals surface area contributed by atoms with Crippen molar-refractivity contribution in [2.24, 2.45) is 50.2 Å². The molecule has 0 amide bonds. The number of rotatable bonds is 10. The van der Waals surface area contributed by atoms with Crippen molar-refractivity contribution in [2.45, 2.75) is 198 Å². The molecule has 0 aromatic rings. The van der Waals surface area contributed by atoms with E-state index in [1.807, 2.05) is 6.92 Å². The average Bonchev–Trinajstić information content (AvgIpc) is 3.27. The Morgan fingerprint density at radius 1 is 0.697 bits per heavy atom. The number of aliphatic hydroxyl groups excluding tert-OH is 9. The molecule has 7 fully saturated rings. The van der Waals surface area contributed by atoms with E-state index in [0.717, 1.165) is 12.0 Å². The summed E-state index contributed by atoms with van der Waals surface area (Å²) in [6.45, 7) is 10.6. The van der Waals surface area contributed by atoms with Gasteiger partial charge in [0.2, 0.25) is 0 Å². The molecule has 0 aromatic heterocycles. The second kappa shape index (κ2) is 17.7. The van der Waals surface area contributed by atoms with Crippen molar-refractivity contribution in [3.63, 3.8) is 0 Å². The number of allylic oxidation sites excluding steroid dienone is 2. The van der Waals surface area contributed by atoms with E-state index in [9.17, 15) is 65.8 Å². The van der Waals surface area contributed by atoms with Crippen molar-refractivity contribution < 1.29 is 94.2 Å². The van der Waals surface area contributed by atoms with Crippen LogP contribution in [0.2, 0.25) is 0 Å². The smallest absolute Gasteiger partial charge is 0.310 e. The molecule has 19 nitrogen and oxygen atoms in total. The van der Waals surface area contributed by atoms with Gasteiger partial charge in [-0.15, -0.1) is 0 Å². The number of hydrogen-bond acceptors (Lipinski definition) is 17. The number of fused-ring (bicyclic) bond motifs is 7. The summed E-state index contributed by atoms with van der Waals surface area (Å²) in [5.41, 5.74) is -2.84. The minimum atomic E-state index is -1.85. The van der Waals surface area contributed by atoms with E-state index in [1.54, 1.807) is 6.92 Å². The third-order valence-electron chi connectivity index (χ3n) is 19.4. The summed E-state index contributed by atoms with van der Waals surface area (Å²) < 4.78 is 36.4. The Balaban J connectivity index is 1.05. The summed E-state index contributed by atoms with van der Waals surface area (Å²) >= 11 is 0. The number of carboxylic acid groups (broad SMARTS) is 2. The first-order valence-corrected chi connectivity index (χ1v) is 23.9. The Hall–Kier alpha value is -1.92. The van der Waals surface area contributed by atoms with Crippen LogP contribution in [0.5, 0.6) is 0 Å². The minimum absolute atomic E-state index is 0.0879. The molecule has 0 aromatic carbocycles. The van der Waals surface area contributed by atoms with E-state index < -0.39 is 138 Å². The van der Waals surface area contributed by atoms with Crippen molar-refractivity contribution in [2.75, 3.05) is 19.8 Å². The Kier molecular flexibility index (Phi) is 13.6. The largest absolute Gasteiger partial charge is 0.481 e. The van der Waals surface area contributed by atoms with Crippen molar-refractivity contribution >= 4 is 11.9 Å². The van der Waals surface area contributed by atoms with Gasteiger partial charge in [0.15, 0.2) is 18.9 Å². The predicted molar refractivity (Wildman–Crippen MR) is 227 cm³/mol. The normalized spacial score (nSPS) is 55.0. The van der Waals surface area contributed by atoms with Crippen LogP contribution in [0.4, 0.5) is 0 Å². The predicted octanol–water partition coefficient (Wildman–Crippen LogP) is 0.410. The summed E-state index contributed by atoms with van der Waals surface area (Å²) in [5, 5.41) is 119.